The van der Waals surface area contributed by atoms with E-state index in [1.807, 2.05) is 12.3 Å². The maximum atomic E-state index is 11.2. The fourth-order valence-electron chi connectivity index (χ4n) is 1.31. The second kappa shape index (κ2) is 5.33. The molecule has 0 radical (unpaired) electrons. The minimum absolute atomic E-state index is 0.155. The number of aldehydes is 1. The van der Waals surface area contributed by atoms with Gasteiger partial charge >= 0.3 is 0 Å². The van der Waals surface area contributed by atoms with Gasteiger partial charge in [-0.2, -0.15) is 0 Å². The number of Topliss-reactive ketones (excluding diaryl/α,β-unsaturated/α-hetero) is 1. The molecule has 0 N–H and O–H groups in total. The number of hydrogen-bond donors (Lipinski definition) is 0. The molecule has 0 spiro atoms. The zero-order valence-corrected chi connectivity index (χ0v) is 10.1. The molecule has 0 saturated heterocycles. The van der Waals surface area contributed by atoms with Gasteiger partial charge in [-0.1, -0.05) is 12.1 Å². The molecule has 0 amide bonds. The van der Waals surface area contributed by atoms with Gasteiger partial charge in [0.15, 0.2) is 12.1 Å². The lowest BCUT2D eigenvalue weighted by Crippen LogP contribution is -2.05. The van der Waals surface area contributed by atoms with Crippen LogP contribution in [0.25, 0.3) is 0 Å². The van der Waals surface area contributed by atoms with Gasteiger partial charge in [-0.15, -0.1) is 23.4 Å². The highest BCUT2D eigenvalue weighted by Crippen LogP contribution is 2.29. The van der Waals surface area contributed by atoms with Crippen LogP contribution < -0.4 is 0 Å². The molecular weight excluding hydrogens is 232 g/mol. The second-order valence-corrected chi connectivity index (χ2v) is 4.34. The summed E-state index contributed by atoms with van der Waals surface area (Å²) in [5, 5.41) is -0.739. The first-order chi connectivity index (χ1) is 7.11. The predicted molar refractivity (Wildman–Crippen MR) is 62.9 cm³/mol. The summed E-state index contributed by atoms with van der Waals surface area (Å²) >= 11 is 7.40. The van der Waals surface area contributed by atoms with Crippen molar-refractivity contribution in [2.45, 2.75) is 17.2 Å². The van der Waals surface area contributed by atoms with Crippen LogP contribution >= 0.6 is 23.4 Å². The largest absolute Gasteiger partial charge is 0.298 e. The fraction of sp³-hybridized carbons (Fsp3) is 0.273. The molecule has 0 fully saturated rings. The molecule has 1 unspecified atom stereocenters. The Hall–Kier alpha value is -0.800. The Morgan fingerprint density at radius 3 is 2.67 bits per heavy atom. The zero-order valence-electron chi connectivity index (χ0n) is 8.49. The molecule has 2 nitrogen and oxygen atoms in total. The van der Waals surface area contributed by atoms with E-state index in [-0.39, 0.29) is 5.78 Å². The van der Waals surface area contributed by atoms with Crippen molar-refractivity contribution in [3.63, 3.8) is 0 Å². The molecule has 0 bridgehead atoms. The number of alkyl halides is 1. The first-order valence-corrected chi connectivity index (χ1v) is 6.04. The van der Waals surface area contributed by atoms with Crippen molar-refractivity contribution in [2.24, 2.45) is 0 Å². The molecular formula is C11H11ClO2S. The fourth-order valence-corrected chi connectivity index (χ4v) is 2.10. The van der Waals surface area contributed by atoms with Gasteiger partial charge in [-0.3, -0.25) is 9.59 Å². The van der Waals surface area contributed by atoms with E-state index in [1.54, 1.807) is 12.1 Å². The topological polar surface area (TPSA) is 34.1 Å². The molecule has 0 aliphatic carbocycles. The smallest absolute Gasteiger partial charge is 0.152 e. The van der Waals surface area contributed by atoms with Crippen LogP contribution in [0.4, 0.5) is 0 Å². The summed E-state index contributed by atoms with van der Waals surface area (Å²) in [7, 11) is 0. The van der Waals surface area contributed by atoms with E-state index in [0.29, 0.717) is 11.1 Å². The van der Waals surface area contributed by atoms with Crippen molar-refractivity contribution < 1.29 is 9.59 Å². The first-order valence-electron chi connectivity index (χ1n) is 4.38. The van der Waals surface area contributed by atoms with E-state index in [0.717, 1.165) is 11.2 Å². The molecule has 0 aromatic heterocycles. The summed E-state index contributed by atoms with van der Waals surface area (Å²) in [6.07, 6.45) is 2.63. The van der Waals surface area contributed by atoms with Crippen LogP contribution in [0.5, 0.6) is 0 Å². The van der Waals surface area contributed by atoms with Crippen molar-refractivity contribution in [3.8, 4) is 0 Å². The SMILES string of the molecule is CSc1cccc(C(Cl)C(C)=O)c1C=O. The third-order valence-corrected chi connectivity index (χ3v) is 3.41. The van der Waals surface area contributed by atoms with Gasteiger partial charge in [0.2, 0.25) is 0 Å². The second-order valence-electron chi connectivity index (χ2n) is 3.05. The average Bonchev–Trinajstić information content (AvgIpc) is 2.26. The maximum absolute atomic E-state index is 11.2. The van der Waals surface area contributed by atoms with Crippen LogP contribution in [-0.4, -0.2) is 18.3 Å². The molecule has 80 valence electrons. The summed E-state index contributed by atoms with van der Waals surface area (Å²) in [4.78, 5) is 23.0. The van der Waals surface area contributed by atoms with Gasteiger partial charge in [-0.25, -0.2) is 0 Å². The number of hydrogen-bond acceptors (Lipinski definition) is 3. The number of halogens is 1. The Morgan fingerprint density at radius 1 is 1.53 bits per heavy atom. The number of rotatable bonds is 4. The normalized spacial score (nSPS) is 12.2. The third-order valence-electron chi connectivity index (χ3n) is 2.07. The number of carbonyl (C=O) groups is 2. The zero-order chi connectivity index (χ0) is 11.4. The quantitative estimate of drug-likeness (QED) is 0.462. The standard InChI is InChI=1S/C11H11ClO2S/c1-7(14)11(12)8-4-3-5-10(15-2)9(8)6-13/h3-6,11H,1-2H3. The van der Waals surface area contributed by atoms with Crippen LogP contribution in [0.3, 0.4) is 0 Å². The van der Waals surface area contributed by atoms with Gasteiger partial charge in [0.25, 0.3) is 0 Å². The van der Waals surface area contributed by atoms with E-state index in [9.17, 15) is 9.59 Å². The predicted octanol–water partition coefficient (Wildman–Crippen LogP) is 3.09. The van der Waals surface area contributed by atoms with E-state index in [2.05, 4.69) is 0 Å². The molecule has 0 heterocycles. The lowest BCUT2D eigenvalue weighted by Gasteiger charge is -2.11. The summed E-state index contributed by atoms with van der Waals surface area (Å²) < 4.78 is 0. The molecule has 1 rings (SSSR count). The molecule has 1 aromatic rings. The van der Waals surface area contributed by atoms with Gasteiger partial charge in [-0.05, 0) is 24.8 Å². The minimum atomic E-state index is -0.739. The highest BCUT2D eigenvalue weighted by Gasteiger charge is 2.18. The van der Waals surface area contributed by atoms with E-state index < -0.39 is 5.38 Å². The van der Waals surface area contributed by atoms with Crippen molar-refractivity contribution in [2.75, 3.05) is 6.26 Å². The van der Waals surface area contributed by atoms with Crippen molar-refractivity contribution in [1.29, 1.82) is 0 Å². The Kier molecular flexibility index (Phi) is 4.36. The lowest BCUT2D eigenvalue weighted by molar-refractivity contribution is -0.116. The highest BCUT2D eigenvalue weighted by atomic mass is 35.5. The Labute approximate surface area is 98.0 Å². The molecule has 4 heteroatoms. The maximum Gasteiger partial charge on any atom is 0.152 e. The number of ketones is 1. The van der Waals surface area contributed by atoms with Crippen LogP contribution in [0.2, 0.25) is 0 Å². The molecule has 15 heavy (non-hydrogen) atoms. The Bertz CT molecular complexity index is 390. The van der Waals surface area contributed by atoms with Crippen LogP contribution in [0.15, 0.2) is 23.1 Å². The first kappa shape index (κ1) is 12.3. The van der Waals surface area contributed by atoms with E-state index >= 15 is 0 Å². The monoisotopic (exact) mass is 242 g/mol. The van der Waals surface area contributed by atoms with Crippen LogP contribution in [0.1, 0.15) is 28.2 Å². The molecule has 0 aliphatic heterocycles. The lowest BCUT2D eigenvalue weighted by atomic mass is 10.0. The molecule has 0 saturated carbocycles. The summed E-state index contributed by atoms with van der Waals surface area (Å²) in [6, 6.07) is 5.34. The minimum Gasteiger partial charge on any atom is -0.298 e. The molecule has 0 aliphatic rings. The highest BCUT2D eigenvalue weighted by molar-refractivity contribution is 7.98. The summed E-state index contributed by atoms with van der Waals surface area (Å²) in [5.74, 6) is -0.155. The Balaban J connectivity index is 3.28. The number of benzene rings is 1. The van der Waals surface area contributed by atoms with Gasteiger partial charge in [0, 0.05) is 10.5 Å². The summed E-state index contributed by atoms with van der Waals surface area (Å²) in [6.45, 7) is 1.41. The molecule has 1 aromatic carbocycles. The van der Waals surface area contributed by atoms with Crippen molar-refractivity contribution in [3.05, 3.63) is 29.3 Å². The third kappa shape index (κ3) is 2.61. The Morgan fingerprint density at radius 2 is 2.20 bits per heavy atom. The van der Waals surface area contributed by atoms with Crippen molar-refractivity contribution >= 4 is 35.4 Å². The molecule has 1 atom stereocenters. The van der Waals surface area contributed by atoms with Gasteiger partial charge in [0.1, 0.15) is 5.38 Å². The van der Waals surface area contributed by atoms with Crippen LogP contribution in [-0.2, 0) is 4.79 Å². The average molecular weight is 243 g/mol. The van der Waals surface area contributed by atoms with E-state index in [4.69, 9.17) is 11.6 Å². The summed E-state index contributed by atoms with van der Waals surface area (Å²) in [5.41, 5.74) is 1.10. The van der Waals surface area contributed by atoms with Gasteiger partial charge < -0.3 is 0 Å². The van der Waals surface area contributed by atoms with Crippen LogP contribution in [0, 0.1) is 0 Å². The number of carbonyl (C=O) groups excluding carboxylic acids is 2. The van der Waals surface area contributed by atoms with E-state index in [1.165, 1.54) is 18.7 Å². The van der Waals surface area contributed by atoms with Crippen molar-refractivity contribution in [1.82, 2.24) is 0 Å². The number of thioether (sulfide) groups is 1. The van der Waals surface area contributed by atoms with Gasteiger partial charge in [0.05, 0.1) is 0 Å².